The van der Waals surface area contributed by atoms with Crippen LogP contribution in [0, 0.1) is 0 Å². The molecule has 0 spiro atoms. The van der Waals surface area contributed by atoms with Gasteiger partial charge in [0.1, 0.15) is 11.8 Å². The van der Waals surface area contributed by atoms with E-state index in [2.05, 4.69) is 0 Å². The maximum atomic E-state index is 12.3. The van der Waals surface area contributed by atoms with Gasteiger partial charge in [-0.1, -0.05) is 30.0 Å². The molecule has 116 valence electrons. The Morgan fingerprint density at radius 1 is 1.45 bits per heavy atom. The molecule has 0 amide bonds. The van der Waals surface area contributed by atoms with Crippen LogP contribution in [0.2, 0.25) is 0 Å². The first kappa shape index (κ1) is 15.1. The van der Waals surface area contributed by atoms with Crippen molar-refractivity contribution in [2.75, 3.05) is 20.2 Å². The van der Waals surface area contributed by atoms with Gasteiger partial charge >= 0.3 is 5.97 Å². The average molecular weight is 319 g/mol. The van der Waals surface area contributed by atoms with Gasteiger partial charge in [0.05, 0.1) is 7.11 Å². The summed E-state index contributed by atoms with van der Waals surface area (Å²) in [5.74, 6) is -0.330. The minimum atomic E-state index is -0.659. The highest BCUT2D eigenvalue weighted by molar-refractivity contribution is 8.15. The van der Waals surface area contributed by atoms with E-state index in [0.717, 1.165) is 12.0 Å². The molecule has 2 atom stereocenters. The van der Waals surface area contributed by atoms with Gasteiger partial charge < -0.3 is 9.84 Å². The third kappa shape index (κ3) is 2.76. The van der Waals surface area contributed by atoms with E-state index in [1.807, 2.05) is 4.90 Å². The van der Waals surface area contributed by atoms with E-state index in [4.69, 9.17) is 4.74 Å². The second-order valence-electron chi connectivity index (χ2n) is 5.39. The van der Waals surface area contributed by atoms with E-state index in [-0.39, 0.29) is 16.1 Å². The lowest BCUT2D eigenvalue weighted by atomic mass is 9.98. The Balaban J connectivity index is 1.91. The Hall–Kier alpha value is -1.79. The molecule has 1 N–H and O–H groups in total. The van der Waals surface area contributed by atoms with Crippen LogP contribution in [0.25, 0.3) is 0 Å². The molecule has 0 aliphatic carbocycles. The molecule has 1 aromatic rings. The van der Waals surface area contributed by atoms with Crippen molar-refractivity contribution in [1.82, 2.24) is 4.90 Å². The van der Waals surface area contributed by atoms with Gasteiger partial charge in [-0.3, -0.25) is 9.69 Å². The SMILES string of the molecule is COC(=O)[C@H](c1ccccc1O)N1CCC2SC(=O)C=C2C1. The fourth-order valence-corrected chi connectivity index (χ4v) is 4.02. The Bertz CT molecular complexity index is 643. The molecule has 2 aliphatic heterocycles. The van der Waals surface area contributed by atoms with E-state index in [9.17, 15) is 14.7 Å². The number of para-hydroxylation sites is 1. The molecular weight excluding hydrogens is 302 g/mol. The predicted molar refractivity (Wildman–Crippen MR) is 83.5 cm³/mol. The van der Waals surface area contributed by atoms with Crippen LogP contribution in [0.15, 0.2) is 35.9 Å². The summed E-state index contributed by atoms with van der Waals surface area (Å²) in [7, 11) is 1.34. The van der Waals surface area contributed by atoms with E-state index < -0.39 is 12.0 Å². The fourth-order valence-electron chi connectivity index (χ4n) is 3.01. The Labute approximate surface area is 132 Å². The standard InChI is InChI=1S/C16H17NO4S/c1-21-16(20)15(11-4-2-3-5-12(11)18)17-7-6-13-10(9-17)8-14(19)22-13/h2-5,8,13,15,18H,6-7,9H2,1H3/t13?,15-/m0/s1. The van der Waals surface area contributed by atoms with Crippen molar-refractivity contribution in [2.45, 2.75) is 17.7 Å². The molecule has 6 heteroatoms. The molecule has 22 heavy (non-hydrogen) atoms. The number of hydrogen-bond acceptors (Lipinski definition) is 6. The maximum absolute atomic E-state index is 12.3. The first-order valence-corrected chi connectivity index (χ1v) is 7.99. The van der Waals surface area contributed by atoms with Gasteiger partial charge in [0.25, 0.3) is 0 Å². The van der Waals surface area contributed by atoms with Crippen LogP contribution in [0.5, 0.6) is 5.75 Å². The van der Waals surface area contributed by atoms with Crippen molar-refractivity contribution in [3.05, 3.63) is 41.5 Å². The largest absolute Gasteiger partial charge is 0.508 e. The summed E-state index contributed by atoms with van der Waals surface area (Å²) < 4.78 is 4.92. The number of likely N-dealkylation sites (tertiary alicyclic amines) is 1. The molecule has 5 nitrogen and oxygen atoms in total. The number of carbonyl (C=O) groups is 2. The number of benzene rings is 1. The van der Waals surface area contributed by atoms with Crippen LogP contribution in [0.1, 0.15) is 18.0 Å². The number of phenolic OH excluding ortho intramolecular Hbond substituents is 1. The van der Waals surface area contributed by atoms with Crippen LogP contribution >= 0.6 is 11.8 Å². The number of carbonyl (C=O) groups excluding carboxylic acids is 2. The number of nitrogens with zero attached hydrogens (tertiary/aromatic N) is 1. The number of fused-ring (bicyclic) bond motifs is 1. The van der Waals surface area contributed by atoms with Crippen LogP contribution in [0.4, 0.5) is 0 Å². The summed E-state index contributed by atoms with van der Waals surface area (Å²) >= 11 is 1.35. The van der Waals surface area contributed by atoms with E-state index in [0.29, 0.717) is 18.7 Å². The number of rotatable bonds is 3. The minimum absolute atomic E-state index is 0.0749. The van der Waals surface area contributed by atoms with Gasteiger partial charge in [0.15, 0.2) is 0 Å². The first-order chi connectivity index (χ1) is 10.6. The maximum Gasteiger partial charge on any atom is 0.327 e. The summed E-state index contributed by atoms with van der Waals surface area (Å²) in [5.41, 5.74) is 1.58. The monoisotopic (exact) mass is 319 g/mol. The number of piperidine rings is 1. The highest BCUT2D eigenvalue weighted by Gasteiger charge is 2.37. The van der Waals surface area contributed by atoms with Crippen LogP contribution in [-0.2, 0) is 14.3 Å². The number of aromatic hydroxyl groups is 1. The molecule has 0 radical (unpaired) electrons. The summed E-state index contributed by atoms with van der Waals surface area (Å²) in [5, 5.41) is 10.4. The second kappa shape index (κ2) is 6.14. The Morgan fingerprint density at radius 2 is 2.23 bits per heavy atom. The third-order valence-corrected chi connectivity index (χ3v) is 5.23. The second-order valence-corrected chi connectivity index (χ2v) is 6.60. The van der Waals surface area contributed by atoms with Gasteiger partial charge in [0.2, 0.25) is 5.12 Å². The third-order valence-electron chi connectivity index (χ3n) is 4.06. The molecule has 0 bridgehead atoms. The zero-order valence-electron chi connectivity index (χ0n) is 12.2. The highest BCUT2D eigenvalue weighted by atomic mass is 32.2. The normalized spacial score (nSPS) is 22.9. The van der Waals surface area contributed by atoms with E-state index in [1.54, 1.807) is 30.3 Å². The number of methoxy groups -OCH3 is 1. The van der Waals surface area contributed by atoms with Crippen molar-refractivity contribution in [3.8, 4) is 5.75 Å². The highest BCUT2D eigenvalue weighted by Crippen LogP contribution is 2.38. The van der Waals surface area contributed by atoms with Gasteiger partial charge in [-0.15, -0.1) is 0 Å². The molecule has 1 fully saturated rings. The smallest absolute Gasteiger partial charge is 0.327 e. The zero-order valence-corrected chi connectivity index (χ0v) is 13.0. The number of ether oxygens (including phenoxy) is 1. The molecule has 1 saturated heterocycles. The average Bonchev–Trinajstić information content (AvgIpc) is 2.88. The summed E-state index contributed by atoms with van der Waals surface area (Å²) in [4.78, 5) is 25.8. The number of esters is 1. The van der Waals surface area contributed by atoms with Gasteiger partial charge in [-0.2, -0.15) is 0 Å². The molecule has 2 aliphatic rings. The van der Waals surface area contributed by atoms with Gasteiger partial charge in [0, 0.05) is 23.9 Å². The summed E-state index contributed by atoms with van der Waals surface area (Å²) in [6.07, 6.45) is 2.48. The quantitative estimate of drug-likeness (QED) is 0.858. The van der Waals surface area contributed by atoms with Crippen LogP contribution in [0.3, 0.4) is 0 Å². The van der Waals surface area contributed by atoms with Crippen LogP contribution in [-0.4, -0.2) is 46.5 Å². The Morgan fingerprint density at radius 3 is 2.95 bits per heavy atom. The van der Waals surface area contributed by atoms with Crippen molar-refractivity contribution in [3.63, 3.8) is 0 Å². The lowest BCUT2D eigenvalue weighted by molar-refractivity contribution is -0.147. The van der Waals surface area contributed by atoms with Gasteiger partial charge in [-0.05, 0) is 24.1 Å². The van der Waals surface area contributed by atoms with Crippen LogP contribution < -0.4 is 0 Å². The predicted octanol–water partition coefficient (Wildman–Crippen LogP) is 1.88. The van der Waals surface area contributed by atoms with E-state index in [1.165, 1.54) is 18.9 Å². The lowest BCUT2D eigenvalue weighted by Crippen LogP contribution is -2.42. The molecule has 0 saturated carbocycles. The van der Waals surface area contributed by atoms with Crippen molar-refractivity contribution < 1.29 is 19.4 Å². The first-order valence-electron chi connectivity index (χ1n) is 7.11. The lowest BCUT2D eigenvalue weighted by Gasteiger charge is -2.36. The Kier molecular flexibility index (Phi) is 4.22. The number of phenols is 1. The molecule has 1 unspecified atom stereocenters. The summed E-state index contributed by atoms with van der Waals surface area (Å²) in [6, 6.07) is 6.13. The molecule has 0 aromatic heterocycles. The van der Waals surface area contributed by atoms with Gasteiger partial charge in [-0.25, -0.2) is 4.79 Å². The fraction of sp³-hybridized carbons (Fsp3) is 0.375. The zero-order chi connectivity index (χ0) is 15.7. The van der Waals surface area contributed by atoms with Crippen molar-refractivity contribution >= 4 is 22.8 Å². The van der Waals surface area contributed by atoms with E-state index >= 15 is 0 Å². The van der Waals surface area contributed by atoms with Crippen molar-refractivity contribution in [1.29, 1.82) is 0 Å². The number of hydrogen-bond donors (Lipinski definition) is 1. The molecule has 2 heterocycles. The minimum Gasteiger partial charge on any atom is -0.508 e. The molecular formula is C16H17NO4S. The number of thioether (sulfide) groups is 1. The molecule has 3 rings (SSSR count). The summed E-state index contributed by atoms with van der Waals surface area (Å²) in [6.45, 7) is 1.22. The molecule has 1 aromatic carbocycles. The topological polar surface area (TPSA) is 66.8 Å². The van der Waals surface area contributed by atoms with Crippen molar-refractivity contribution in [2.24, 2.45) is 0 Å².